The first-order valence-electron chi connectivity index (χ1n) is 1.95. The van der Waals surface area contributed by atoms with Crippen LogP contribution in [0.4, 0.5) is 0 Å². The molecule has 0 aromatic heterocycles. The Morgan fingerprint density at radius 1 is 1.89 bits per heavy atom. The molecule has 0 aliphatic rings. The van der Waals surface area contributed by atoms with E-state index >= 15 is 0 Å². The van der Waals surface area contributed by atoms with Crippen molar-refractivity contribution < 1.29 is 47.1 Å². The maximum Gasteiger partial charge on any atom is 0.232 e. The van der Waals surface area contributed by atoms with Gasteiger partial charge in [0, 0.05) is 51.8 Å². The van der Waals surface area contributed by atoms with Crippen molar-refractivity contribution in [3.63, 3.8) is 0 Å². The van der Waals surface area contributed by atoms with Gasteiger partial charge in [-0.05, 0) is 0 Å². The summed E-state index contributed by atoms with van der Waals surface area (Å²) >= 11 is 0.684. The first kappa shape index (κ1) is 12.5. The predicted octanol–water partition coefficient (Wildman–Crippen LogP) is -0.132. The summed E-state index contributed by atoms with van der Waals surface area (Å²) in [5, 5.41) is 10.0. The molecule has 9 heavy (non-hydrogen) atoms. The molecule has 4 nitrogen and oxygen atoms in total. The quantitative estimate of drug-likeness (QED) is 0.399. The fraction of sp³-hybridized carbons (Fsp3) is 0.667. The summed E-state index contributed by atoms with van der Waals surface area (Å²) in [6.07, 6.45) is 0. The molecule has 0 aromatic carbocycles. The van der Waals surface area contributed by atoms with Crippen LogP contribution in [0.1, 0.15) is 0 Å². The van der Waals surface area contributed by atoms with E-state index in [9.17, 15) is 4.79 Å². The Morgan fingerprint density at radius 2 is 2.44 bits per heavy atom. The van der Waals surface area contributed by atoms with E-state index in [0.717, 1.165) is 0 Å². The molecular weight excluding hydrogens is 219 g/mol. The number of carbonyl (C=O) groups excluding carboxylic acids is 1. The molecule has 0 saturated carbocycles. The number of amides is 1. The van der Waals surface area contributed by atoms with E-state index in [2.05, 4.69) is 9.65 Å². The maximum atomic E-state index is 10.2. The number of nitrogens with one attached hydrogen (secondary N) is 1. The topological polar surface area (TPSA) is 58.6 Å². The summed E-state index contributed by atoms with van der Waals surface area (Å²) < 4.78 is 3.57. The third kappa shape index (κ3) is 8.84. The minimum absolute atomic E-state index is 0. The van der Waals surface area contributed by atoms with Crippen LogP contribution in [-0.4, -0.2) is 24.0 Å². The second-order valence-electron chi connectivity index (χ2n) is 1.01. The van der Waals surface area contributed by atoms with E-state index in [1.165, 1.54) is 7.05 Å². The van der Waals surface area contributed by atoms with Crippen LogP contribution in [-0.2, 0) is 41.8 Å². The van der Waals surface area contributed by atoms with Crippen molar-refractivity contribution in [3.05, 3.63) is 0 Å². The minimum Gasteiger partial charge on any atom is -0.358 e. The Hall–Kier alpha value is 0.844. The molecule has 0 bridgehead atoms. The molecule has 6 heteroatoms. The van der Waals surface area contributed by atoms with Crippen LogP contribution in [0.15, 0.2) is 0 Å². The largest absolute Gasteiger partial charge is 0.358 e. The summed E-state index contributed by atoms with van der Waals surface area (Å²) in [4.78, 5) is 10.2. The average molecular weight is 226 g/mol. The monoisotopic (exact) mass is 226 g/mol. The van der Waals surface area contributed by atoms with Gasteiger partial charge >= 0.3 is 0 Å². The third-order valence-corrected chi connectivity index (χ3v) is 1.01. The van der Waals surface area contributed by atoms with Crippen LogP contribution >= 0.6 is 12.0 Å². The van der Waals surface area contributed by atoms with E-state index in [-0.39, 0.29) is 44.4 Å². The van der Waals surface area contributed by atoms with Crippen LogP contribution in [0.25, 0.3) is 0 Å². The van der Waals surface area contributed by atoms with Crippen molar-refractivity contribution in [1.82, 2.24) is 5.32 Å². The zero-order valence-electron chi connectivity index (χ0n) is 4.96. The first-order valence-corrected chi connectivity index (χ1v) is 2.86. The second kappa shape index (κ2) is 8.84. The Labute approximate surface area is 82.7 Å². The van der Waals surface area contributed by atoms with Gasteiger partial charge in [0.1, 0.15) is 5.75 Å². The molecule has 0 spiro atoms. The second-order valence-corrected chi connectivity index (χ2v) is 1.68. The molecule has 0 rings (SSSR count). The zero-order valence-corrected chi connectivity index (χ0v) is 8.61. The molecule has 0 aliphatic carbocycles. The van der Waals surface area contributed by atoms with Crippen molar-refractivity contribution in [3.8, 4) is 0 Å². The van der Waals surface area contributed by atoms with Crippen molar-refractivity contribution in [2.45, 2.75) is 0 Å². The first-order chi connectivity index (χ1) is 3.81. The van der Waals surface area contributed by atoms with Crippen molar-refractivity contribution in [2.75, 3.05) is 12.8 Å². The smallest absolute Gasteiger partial charge is 0.232 e. The maximum absolute atomic E-state index is 10.2. The number of carbonyl (C=O) groups is 1. The molecule has 1 amide bonds. The standard InChI is InChI=1S/C3H7NO3S.Y/c1-4-3(5)2-8-7-6;/h6H,2H2,1H3,(H,4,5);. The average Bonchev–Trinajstić information content (AvgIpc) is 1.83. The van der Waals surface area contributed by atoms with E-state index in [1.807, 2.05) is 0 Å². The number of rotatable bonds is 3. The molecule has 0 aromatic rings. The van der Waals surface area contributed by atoms with Crippen molar-refractivity contribution in [2.24, 2.45) is 0 Å². The summed E-state index contributed by atoms with van der Waals surface area (Å²) in [5.74, 6) is -0.0588. The van der Waals surface area contributed by atoms with Crippen LogP contribution in [0.2, 0.25) is 0 Å². The van der Waals surface area contributed by atoms with Gasteiger partial charge in [0.15, 0.2) is 0 Å². The Bertz CT molecular complexity index is 81.5. The Kier molecular flexibility index (Phi) is 12.3. The van der Waals surface area contributed by atoms with Crippen LogP contribution in [0.3, 0.4) is 0 Å². The molecule has 0 saturated heterocycles. The van der Waals surface area contributed by atoms with Crippen molar-refractivity contribution in [1.29, 1.82) is 0 Å². The minimum atomic E-state index is -0.177. The zero-order chi connectivity index (χ0) is 6.41. The summed E-state index contributed by atoms with van der Waals surface area (Å²) in [6, 6.07) is 0. The molecule has 0 heterocycles. The van der Waals surface area contributed by atoms with Crippen LogP contribution < -0.4 is 5.32 Å². The van der Waals surface area contributed by atoms with Gasteiger partial charge in [-0.15, -0.1) is 0 Å². The number of hydrogen-bond donors (Lipinski definition) is 2. The van der Waals surface area contributed by atoms with Gasteiger partial charge in [-0.2, -0.15) is 4.33 Å². The molecule has 0 unspecified atom stereocenters. The van der Waals surface area contributed by atoms with Gasteiger partial charge < -0.3 is 5.32 Å². The summed E-state index contributed by atoms with van der Waals surface area (Å²) in [5.41, 5.74) is 0. The van der Waals surface area contributed by atoms with Gasteiger partial charge in [0.05, 0.1) is 0 Å². The molecule has 0 fully saturated rings. The van der Waals surface area contributed by atoms with Gasteiger partial charge in [0.2, 0.25) is 5.91 Å². The Balaban J connectivity index is 0. The fourth-order valence-electron chi connectivity index (χ4n) is 0.152. The van der Waals surface area contributed by atoms with Gasteiger partial charge in [0.25, 0.3) is 0 Å². The fourth-order valence-corrected chi connectivity index (χ4v) is 0.456. The molecule has 1 radical (unpaired) electrons. The third-order valence-electron chi connectivity index (χ3n) is 0.522. The summed E-state index contributed by atoms with van der Waals surface area (Å²) in [7, 11) is 1.51. The van der Waals surface area contributed by atoms with E-state index in [0.29, 0.717) is 12.0 Å². The molecule has 0 aliphatic heterocycles. The van der Waals surface area contributed by atoms with E-state index < -0.39 is 0 Å². The number of hydrogen-bond acceptors (Lipinski definition) is 4. The van der Waals surface area contributed by atoms with E-state index in [4.69, 9.17) is 5.26 Å². The SMILES string of the molecule is CNC(=O)CSOO.[Y]. The molecule has 51 valence electrons. The van der Waals surface area contributed by atoms with Gasteiger partial charge in [-0.1, -0.05) is 0 Å². The predicted molar refractivity (Wildman–Crippen MR) is 30.2 cm³/mol. The summed E-state index contributed by atoms with van der Waals surface area (Å²) in [6.45, 7) is 0. The van der Waals surface area contributed by atoms with Crippen LogP contribution in [0.5, 0.6) is 0 Å². The molecule has 0 atom stereocenters. The Morgan fingerprint density at radius 3 is 2.78 bits per heavy atom. The molecule has 2 N–H and O–H groups in total. The normalized spacial score (nSPS) is 7.78. The van der Waals surface area contributed by atoms with Gasteiger partial charge in [-0.25, -0.2) is 5.26 Å². The van der Waals surface area contributed by atoms with Crippen molar-refractivity contribution >= 4 is 17.9 Å². The molecular formula is C3H7NO3SY. The van der Waals surface area contributed by atoms with Crippen LogP contribution in [0, 0.1) is 0 Å². The van der Waals surface area contributed by atoms with Gasteiger partial charge in [-0.3, -0.25) is 4.79 Å². The van der Waals surface area contributed by atoms with E-state index in [1.54, 1.807) is 0 Å².